The van der Waals surface area contributed by atoms with Crippen molar-refractivity contribution in [3.05, 3.63) is 77.4 Å². The maximum Gasteiger partial charge on any atom is 0.322 e. The van der Waals surface area contributed by atoms with Crippen LogP contribution >= 0.6 is 0 Å². The van der Waals surface area contributed by atoms with Crippen LogP contribution in [0.25, 0.3) is 22.2 Å². The Labute approximate surface area is 157 Å². The minimum absolute atomic E-state index is 0.105. The molecule has 0 radical (unpaired) electrons. The van der Waals surface area contributed by atoms with E-state index in [2.05, 4.69) is 15.5 Å². The maximum atomic E-state index is 12.4. The second-order valence-corrected chi connectivity index (χ2v) is 6.57. The van der Waals surface area contributed by atoms with E-state index in [9.17, 15) is 4.79 Å². The van der Waals surface area contributed by atoms with Crippen LogP contribution in [0.5, 0.6) is 0 Å². The molecule has 0 spiro atoms. The molecule has 0 aliphatic rings. The summed E-state index contributed by atoms with van der Waals surface area (Å²) in [6.07, 6.45) is 0.239. The number of hydrogen-bond donors (Lipinski definition) is 1. The van der Waals surface area contributed by atoms with Crippen molar-refractivity contribution in [2.75, 3.05) is 5.32 Å². The zero-order chi connectivity index (χ0) is 18.8. The van der Waals surface area contributed by atoms with Gasteiger partial charge in [-0.2, -0.15) is 0 Å². The number of aryl methyl sites for hydroxylation is 2. The Morgan fingerprint density at radius 2 is 1.78 bits per heavy atom. The van der Waals surface area contributed by atoms with E-state index in [-0.39, 0.29) is 18.3 Å². The smallest absolute Gasteiger partial charge is 0.322 e. The molecule has 0 fully saturated rings. The first kappa shape index (κ1) is 17.0. The molecule has 0 saturated heterocycles. The van der Waals surface area contributed by atoms with Crippen LogP contribution < -0.4 is 5.32 Å². The molecule has 1 aromatic heterocycles. The Hall–Kier alpha value is -3.47. The summed E-state index contributed by atoms with van der Waals surface area (Å²) in [7, 11) is 0. The first-order valence-electron chi connectivity index (χ1n) is 8.78. The fourth-order valence-electron chi connectivity index (χ4n) is 3.05. The molecule has 0 unspecified atom stereocenters. The van der Waals surface area contributed by atoms with Gasteiger partial charge in [0, 0.05) is 5.56 Å². The molecule has 0 aliphatic carbocycles. The molecule has 0 aliphatic heterocycles. The predicted octanol–water partition coefficient (Wildman–Crippen LogP) is 4.69. The third-order valence-electron chi connectivity index (χ3n) is 4.66. The van der Waals surface area contributed by atoms with Crippen molar-refractivity contribution in [1.29, 1.82) is 0 Å². The summed E-state index contributed by atoms with van der Waals surface area (Å²) in [5.41, 5.74) is 4.13. The molecule has 1 N–H and O–H groups in total. The molecule has 4 aromatic rings. The minimum Gasteiger partial charge on any atom is -0.403 e. The van der Waals surface area contributed by atoms with E-state index in [1.54, 1.807) is 0 Å². The van der Waals surface area contributed by atoms with Gasteiger partial charge in [-0.3, -0.25) is 10.1 Å². The van der Waals surface area contributed by atoms with Gasteiger partial charge in [-0.15, -0.1) is 5.10 Å². The monoisotopic (exact) mass is 357 g/mol. The van der Waals surface area contributed by atoms with Gasteiger partial charge < -0.3 is 4.42 Å². The van der Waals surface area contributed by atoms with Crippen molar-refractivity contribution in [3.63, 3.8) is 0 Å². The molecule has 1 heterocycles. The van der Waals surface area contributed by atoms with Crippen molar-refractivity contribution < 1.29 is 9.21 Å². The van der Waals surface area contributed by atoms with Crippen LogP contribution in [0.1, 0.15) is 16.7 Å². The summed E-state index contributed by atoms with van der Waals surface area (Å²) in [4.78, 5) is 12.4. The lowest BCUT2D eigenvalue weighted by Crippen LogP contribution is -2.14. The molecule has 27 heavy (non-hydrogen) atoms. The molecular weight excluding hydrogens is 338 g/mol. The number of fused-ring (bicyclic) bond motifs is 1. The number of carbonyl (C=O) groups is 1. The second-order valence-electron chi connectivity index (χ2n) is 6.57. The third kappa shape index (κ3) is 3.58. The minimum atomic E-state index is -0.193. The Bertz CT molecular complexity index is 1130. The van der Waals surface area contributed by atoms with E-state index >= 15 is 0 Å². The van der Waals surface area contributed by atoms with Gasteiger partial charge in [-0.05, 0) is 53.4 Å². The SMILES string of the molecule is Cc1ccc(-c2nnc(NC(=O)Cc3cccc4ccccc34)o2)cc1C. The number of carbonyl (C=O) groups excluding carboxylic acids is 1. The highest BCUT2D eigenvalue weighted by atomic mass is 16.4. The zero-order valence-electron chi connectivity index (χ0n) is 15.2. The highest BCUT2D eigenvalue weighted by Crippen LogP contribution is 2.23. The topological polar surface area (TPSA) is 68.0 Å². The second kappa shape index (κ2) is 7.03. The van der Waals surface area contributed by atoms with Crippen LogP contribution in [0.2, 0.25) is 0 Å². The molecule has 1 amide bonds. The molecule has 4 rings (SSSR count). The van der Waals surface area contributed by atoms with Crippen molar-refractivity contribution in [2.24, 2.45) is 0 Å². The molecule has 3 aromatic carbocycles. The molecule has 0 saturated carbocycles. The number of hydrogen-bond acceptors (Lipinski definition) is 4. The Morgan fingerprint density at radius 1 is 0.963 bits per heavy atom. The summed E-state index contributed by atoms with van der Waals surface area (Å²) in [5.74, 6) is 0.195. The van der Waals surface area contributed by atoms with Gasteiger partial charge in [-0.25, -0.2) is 0 Å². The van der Waals surface area contributed by atoms with Crippen molar-refractivity contribution in [1.82, 2.24) is 10.2 Å². The number of benzene rings is 3. The largest absolute Gasteiger partial charge is 0.403 e. The fraction of sp³-hybridized carbons (Fsp3) is 0.136. The van der Waals surface area contributed by atoms with Gasteiger partial charge >= 0.3 is 6.01 Å². The Morgan fingerprint density at radius 3 is 2.63 bits per heavy atom. The number of rotatable bonds is 4. The number of amides is 1. The summed E-state index contributed by atoms with van der Waals surface area (Å²) >= 11 is 0. The lowest BCUT2D eigenvalue weighted by atomic mass is 10.0. The molecule has 5 nitrogen and oxygen atoms in total. The number of aromatic nitrogens is 2. The van der Waals surface area contributed by atoms with Gasteiger partial charge in [0.25, 0.3) is 0 Å². The standard InChI is InChI=1S/C22H19N3O2/c1-14-10-11-18(12-15(14)2)21-24-25-22(27-21)23-20(26)13-17-8-5-7-16-6-3-4-9-19(16)17/h3-12H,13H2,1-2H3,(H,23,25,26). The predicted molar refractivity (Wildman–Crippen MR) is 105 cm³/mol. The Kier molecular flexibility index (Phi) is 4.42. The molecule has 5 heteroatoms. The summed E-state index contributed by atoms with van der Waals surface area (Å²) in [6, 6.07) is 20.0. The van der Waals surface area contributed by atoms with E-state index in [4.69, 9.17) is 4.42 Å². The third-order valence-corrected chi connectivity index (χ3v) is 4.66. The quantitative estimate of drug-likeness (QED) is 0.575. The van der Waals surface area contributed by atoms with E-state index in [0.717, 1.165) is 27.5 Å². The van der Waals surface area contributed by atoms with Gasteiger partial charge in [0.05, 0.1) is 6.42 Å². The van der Waals surface area contributed by atoms with Crippen LogP contribution in [0.3, 0.4) is 0 Å². The Balaban J connectivity index is 1.50. The summed E-state index contributed by atoms with van der Waals surface area (Å²) in [5, 5.41) is 12.8. The van der Waals surface area contributed by atoms with E-state index in [0.29, 0.717) is 5.89 Å². The van der Waals surface area contributed by atoms with Crippen LogP contribution in [0.4, 0.5) is 6.01 Å². The lowest BCUT2D eigenvalue weighted by Gasteiger charge is -2.06. The molecule has 0 atom stereocenters. The highest BCUT2D eigenvalue weighted by molar-refractivity contribution is 5.95. The molecule has 0 bridgehead atoms. The number of nitrogens with one attached hydrogen (secondary N) is 1. The van der Waals surface area contributed by atoms with Gasteiger partial charge in [0.2, 0.25) is 11.8 Å². The van der Waals surface area contributed by atoms with Crippen molar-refractivity contribution in [3.8, 4) is 11.5 Å². The average Bonchev–Trinajstić information content (AvgIpc) is 3.12. The van der Waals surface area contributed by atoms with Crippen molar-refractivity contribution in [2.45, 2.75) is 20.3 Å². The van der Waals surface area contributed by atoms with E-state index in [1.807, 2.05) is 74.5 Å². The van der Waals surface area contributed by atoms with Crippen LogP contribution in [-0.2, 0) is 11.2 Å². The van der Waals surface area contributed by atoms with Crippen LogP contribution in [-0.4, -0.2) is 16.1 Å². The van der Waals surface area contributed by atoms with E-state index < -0.39 is 0 Å². The average molecular weight is 357 g/mol. The van der Waals surface area contributed by atoms with Crippen molar-refractivity contribution >= 4 is 22.7 Å². The summed E-state index contributed by atoms with van der Waals surface area (Å²) in [6.45, 7) is 4.08. The first-order valence-corrected chi connectivity index (χ1v) is 8.78. The zero-order valence-corrected chi connectivity index (χ0v) is 15.2. The van der Waals surface area contributed by atoms with Gasteiger partial charge in [-0.1, -0.05) is 53.6 Å². The normalized spacial score (nSPS) is 10.9. The van der Waals surface area contributed by atoms with Crippen LogP contribution in [0.15, 0.2) is 65.1 Å². The molecular formula is C22H19N3O2. The van der Waals surface area contributed by atoms with Crippen LogP contribution in [0, 0.1) is 13.8 Å². The summed E-state index contributed by atoms with van der Waals surface area (Å²) < 4.78 is 5.61. The fourth-order valence-corrected chi connectivity index (χ4v) is 3.05. The van der Waals surface area contributed by atoms with Gasteiger partial charge in [0.15, 0.2) is 0 Å². The first-order chi connectivity index (χ1) is 13.1. The van der Waals surface area contributed by atoms with E-state index in [1.165, 1.54) is 5.56 Å². The number of anilines is 1. The maximum absolute atomic E-state index is 12.4. The highest BCUT2D eigenvalue weighted by Gasteiger charge is 2.13. The lowest BCUT2D eigenvalue weighted by molar-refractivity contribution is -0.115. The number of nitrogens with zero attached hydrogens (tertiary/aromatic N) is 2. The molecule has 134 valence electrons. The van der Waals surface area contributed by atoms with Gasteiger partial charge in [0.1, 0.15) is 0 Å².